The second kappa shape index (κ2) is 15.1. The summed E-state index contributed by atoms with van der Waals surface area (Å²) in [5.41, 5.74) is 1.31. The number of rotatable bonds is 9. The zero-order valence-corrected chi connectivity index (χ0v) is 20.9. The van der Waals surface area contributed by atoms with Gasteiger partial charge in [-0.2, -0.15) is 0 Å². The van der Waals surface area contributed by atoms with Crippen LogP contribution in [0.15, 0.2) is 66.7 Å². The molecule has 1 heterocycles. The summed E-state index contributed by atoms with van der Waals surface area (Å²) < 4.78 is 6.25. The first-order chi connectivity index (χ1) is 17.5. The van der Waals surface area contributed by atoms with Crippen LogP contribution in [0, 0.1) is 5.92 Å². The average molecular weight is 495 g/mol. The number of carboxylic acid groups (broad SMARTS) is 2. The van der Waals surface area contributed by atoms with Crippen molar-refractivity contribution in [2.24, 2.45) is 5.92 Å². The molecule has 2 aliphatic rings. The van der Waals surface area contributed by atoms with E-state index < -0.39 is 11.9 Å². The molecule has 1 aliphatic carbocycles. The molecule has 0 radical (unpaired) electrons. The largest absolute Gasteiger partial charge is 0.478 e. The molecule has 0 unspecified atom stereocenters. The number of nitrogens with zero attached hydrogens (tertiary/aromatic N) is 1. The van der Waals surface area contributed by atoms with Crippen molar-refractivity contribution in [2.75, 3.05) is 19.6 Å². The van der Waals surface area contributed by atoms with Crippen molar-refractivity contribution >= 4 is 11.9 Å². The molecule has 7 heteroatoms. The van der Waals surface area contributed by atoms with Crippen molar-refractivity contribution in [3.05, 3.63) is 72.3 Å². The van der Waals surface area contributed by atoms with Crippen LogP contribution in [-0.4, -0.2) is 52.7 Å². The topological polar surface area (TPSA) is 99.1 Å². The lowest BCUT2D eigenvalue weighted by Crippen LogP contribution is -2.44. The second-order valence-electron chi connectivity index (χ2n) is 9.45. The number of carboxylic acids is 2. The van der Waals surface area contributed by atoms with E-state index in [4.69, 9.17) is 14.9 Å². The summed E-state index contributed by atoms with van der Waals surface area (Å²) in [4.78, 5) is 21.9. The van der Waals surface area contributed by atoms with Gasteiger partial charge in [-0.3, -0.25) is 4.90 Å². The minimum Gasteiger partial charge on any atom is -0.478 e. The number of carbonyl (C=O) groups is 2. The highest BCUT2D eigenvalue weighted by atomic mass is 16.5. The van der Waals surface area contributed by atoms with Gasteiger partial charge in [0.05, 0.1) is 0 Å². The number of ether oxygens (including phenoxy) is 1. The van der Waals surface area contributed by atoms with Crippen LogP contribution in [0.1, 0.15) is 50.5 Å². The maximum atomic E-state index is 9.55. The van der Waals surface area contributed by atoms with Crippen molar-refractivity contribution in [2.45, 2.75) is 57.5 Å². The Hall–Kier alpha value is -3.16. The fourth-order valence-corrected chi connectivity index (χ4v) is 4.93. The van der Waals surface area contributed by atoms with Crippen LogP contribution in [0.2, 0.25) is 0 Å². The molecule has 0 atom stereocenters. The van der Waals surface area contributed by atoms with Crippen LogP contribution >= 0.6 is 0 Å². The van der Waals surface area contributed by atoms with Gasteiger partial charge in [0, 0.05) is 36.8 Å². The summed E-state index contributed by atoms with van der Waals surface area (Å²) >= 11 is 0. The fraction of sp³-hybridized carbons (Fsp3) is 0.448. The number of piperidine rings is 1. The third-order valence-corrected chi connectivity index (χ3v) is 6.73. The number of para-hydroxylation sites is 2. The predicted molar refractivity (Wildman–Crippen MR) is 140 cm³/mol. The van der Waals surface area contributed by atoms with E-state index in [-0.39, 0.29) is 0 Å². The standard InChI is InChI=1S/C25H34N2O.C4H4O4/c1-3-9-21(10-4-1)19-27(23-15-17-26-18-16-23)20-22-11-7-8-14-25(22)28-24-12-5-2-6-13-24;5-3(6)1-2-4(7)8/h2,5-8,11-14,21,23,26H,1,3-4,9-10,15-20H2;1-2H,(H,5,6)(H,7,8). The van der Waals surface area contributed by atoms with Gasteiger partial charge < -0.3 is 20.3 Å². The van der Waals surface area contributed by atoms with Gasteiger partial charge in [0.1, 0.15) is 11.5 Å². The molecule has 2 aromatic rings. The van der Waals surface area contributed by atoms with E-state index >= 15 is 0 Å². The van der Waals surface area contributed by atoms with E-state index in [1.54, 1.807) is 0 Å². The molecule has 1 saturated heterocycles. The third-order valence-electron chi connectivity index (χ3n) is 6.73. The predicted octanol–water partition coefficient (Wildman–Crippen LogP) is 5.33. The highest BCUT2D eigenvalue weighted by molar-refractivity contribution is 5.89. The van der Waals surface area contributed by atoms with Crippen molar-refractivity contribution in [3.63, 3.8) is 0 Å². The number of hydrogen-bond acceptors (Lipinski definition) is 5. The van der Waals surface area contributed by atoms with Crippen molar-refractivity contribution in [3.8, 4) is 11.5 Å². The van der Waals surface area contributed by atoms with Gasteiger partial charge in [0.25, 0.3) is 0 Å². The fourth-order valence-electron chi connectivity index (χ4n) is 4.93. The SMILES string of the molecule is O=C(O)C=CC(=O)O.c1ccc(Oc2ccccc2CN(CC2CCCCC2)C2CCNCC2)cc1. The molecule has 4 rings (SSSR count). The number of nitrogens with one attached hydrogen (secondary N) is 1. The van der Waals surface area contributed by atoms with Crippen molar-refractivity contribution in [1.29, 1.82) is 0 Å². The van der Waals surface area contributed by atoms with Crippen molar-refractivity contribution in [1.82, 2.24) is 10.2 Å². The maximum Gasteiger partial charge on any atom is 0.328 e. The third kappa shape index (κ3) is 9.84. The normalized spacial score (nSPS) is 16.9. The van der Waals surface area contributed by atoms with Gasteiger partial charge >= 0.3 is 11.9 Å². The first-order valence-corrected chi connectivity index (χ1v) is 12.9. The second-order valence-corrected chi connectivity index (χ2v) is 9.45. The molecule has 0 bridgehead atoms. The van der Waals surface area contributed by atoms with E-state index in [0.29, 0.717) is 18.2 Å². The zero-order valence-electron chi connectivity index (χ0n) is 20.9. The molecule has 36 heavy (non-hydrogen) atoms. The smallest absolute Gasteiger partial charge is 0.328 e. The average Bonchev–Trinajstić information content (AvgIpc) is 2.90. The Morgan fingerprint density at radius 2 is 1.47 bits per heavy atom. The summed E-state index contributed by atoms with van der Waals surface area (Å²) in [7, 11) is 0. The molecule has 1 aliphatic heterocycles. The Morgan fingerprint density at radius 1 is 0.861 bits per heavy atom. The molecule has 194 valence electrons. The monoisotopic (exact) mass is 494 g/mol. The van der Waals surface area contributed by atoms with Crippen LogP contribution in [0.3, 0.4) is 0 Å². The molecule has 3 N–H and O–H groups in total. The summed E-state index contributed by atoms with van der Waals surface area (Å²) in [6, 6.07) is 19.4. The lowest BCUT2D eigenvalue weighted by Gasteiger charge is -2.38. The molecule has 2 aromatic carbocycles. The van der Waals surface area contributed by atoms with Gasteiger partial charge in [0.2, 0.25) is 0 Å². The Labute approximate surface area is 213 Å². The minimum atomic E-state index is -1.26. The number of aliphatic carboxylic acids is 2. The maximum absolute atomic E-state index is 9.55. The van der Waals surface area contributed by atoms with Crippen LogP contribution < -0.4 is 10.1 Å². The summed E-state index contributed by atoms with van der Waals surface area (Å²) in [5.74, 6) is 0.262. The summed E-state index contributed by atoms with van der Waals surface area (Å²) in [6.07, 6.45) is 10.7. The first kappa shape index (κ1) is 27.4. The van der Waals surface area contributed by atoms with E-state index in [0.717, 1.165) is 37.1 Å². The highest BCUT2D eigenvalue weighted by Gasteiger charge is 2.25. The Bertz CT molecular complexity index is 951. The zero-order chi connectivity index (χ0) is 25.6. The molecular formula is C29H38N2O5. The van der Waals surface area contributed by atoms with Gasteiger partial charge in [-0.25, -0.2) is 9.59 Å². The Kier molecular flexibility index (Phi) is 11.5. The van der Waals surface area contributed by atoms with Gasteiger partial charge in [-0.05, 0) is 62.9 Å². The van der Waals surface area contributed by atoms with E-state index in [1.165, 1.54) is 57.1 Å². The van der Waals surface area contributed by atoms with E-state index in [9.17, 15) is 9.59 Å². The Morgan fingerprint density at radius 3 is 2.11 bits per heavy atom. The molecule has 0 spiro atoms. The number of hydrogen-bond donors (Lipinski definition) is 3. The van der Waals surface area contributed by atoms with Crippen LogP contribution in [0.5, 0.6) is 11.5 Å². The van der Waals surface area contributed by atoms with Crippen LogP contribution in [0.4, 0.5) is 0 Å². The van der Waals surface area contributed by atoms with E-state index in [1.807, 2.05) is 30.3 Å². The van der Waals surface area contributed by atoms with Crippen LogP contribution in [-0.2, 0) is 16.1 Å². The number of benzene rings is 2. The first-order valence-electron chi connectivity index (χ1n) is 12.9. The summed E-state index contributed by atoms with van der Waals surface area (Å²) in [6.45, 7) is 4.52. The van der Waals surface area contributed by atoms with Gasteiger partial charge in [0.15, 0.2) is 0 Å². The van der Waals surface area contributed by atoms with Crippen LogP contribution in [0.25, 0.3) is 0 Å². The molecule has 0 amide bonds. The van der Waals surface area contributed by atoms with Crippen molar-refractivity contribution < 1.29 is 24.5 Å². The quantitative estimate of drug-likeness (QED) is 0.406. The molecular weight excluding hydrogens is 456 g/mol. The highest BCUT2D eigenvalue weighted by Crippen LogP contribution is 2.30. The lowest BCUT2D eigenvalue weighted by atomic mass is 9.88. The minimum absolute atomic E-state index is 0.558. The Balaban J connectivity index is 0.000000392. The van der Waals surface area contributed by atoms with Gasteiger partial charge in [-0.15, -0.1) is 0 Å². The molecule has 1 saturated carbocycles. The van der Waals surface area contributed by atoms with E-state index in [2.05, 4.69) is 34.5 Å². The lowest BCUT2D eigenvalue weighted by molar-refractivity contribution is -0.134. The van der Waals surface area contributed by atoms with Gasteiger partial charge in [-0.1, -0.05) is 55.7 Å². The molecule has 7 nitrogen and oxygen atoms in total. The molecule has 0 aromatic heterocycles. The summed E-state index contributed by atoms with van der Waals surface area (Å²) in [5, 5.41) is 19.2. The molecule has 2 fully saturated rings.